The summed E-state index contributed by atoms with van der Waals surface area (Å²) in [6.07, 6.45) is 14.1. The van der Waals surface area contributed by atoms with E-state index in [1.54, 1.807) is 0 Å². The van der Waals surface area contributed by atoms with Crippen LogP contribution in [-0.2, 0) is 19.1 Å². The highest BCUT2D eigenvalue weighted by molar-refractivity contribution is 7.85. The lowest BCUT2D eigenvalue weighted by Crippen LogP contribution is -2.49. The van der Waals surface area contributed by atoms with Crippen molar-refractivity contribution in [3.63, 3.8) is 0 Å². The first-order chi connectivity index (χ1) is 13.0. The van der Waals surface area contributed by atoms with Crippen LogP contribution in [0, 0.1) is 40.4 Å². The van der Waals surface area contributed by atoms with Crippen LogP contribution >= 0.6 is 0 Å². The monoisotopic (exact) mass is 406 g/mol. The number of allylic oxidation sites excluding steroid dienone is 4. The first-order valence-corrected chi connectivity index (χ1v) is 12.6. The molecular weight excluding hydrogens is 372 g/mol. The first kappa shape index (κ1) is 20.3. The number of rotatable bonds is 4. The second kappa shape index (κ2) is 6.80. The number of ketones is 1. The van der Waals surface area contributed by atoms with Crippen molar-refractivity contribution in [1.29, 1.82) is 0 Å². The molecule has 4 unspecified atom stereocenters. The summed E-state index contributed by atoms with van der Waals surface area (Å²) < 4.78 is 28.0. The molecule has 0 aromatic rings. The van der Waals surface area contributed by atoms with Crippen LogP contribution in [0.5, 0.6) is 0 Å². The molecule has 0 bridgehead atoms. The molecule has 0 aliphatic heterocycles. The zero-order valence-electron chi connectivity index (χ0n) is 17.6. The summed E-state index contributed by atoms with van der Waals surface area (Å²) in [5, 5.41) is 0. The summed E-state index contributed by atoms with van der Waals surface area (Å²) in [7, 11) is -3.39. The summed E-state index contributed by atoms with van der Waals surface area (Å²) in [6, 6.07) is 0. The van der Waals surface area contributed by atoms with Gasteiger partial charge in [-0.05, 0) is 84.2 Å². The van der Waals surface area contributed by atoms with Crippen molar-refractivity contribution in [3.8, 4) is 0 Å². The molecule has 2 saturated carbocycles. The second-order valence-electron chi connectivity index (χ2n) is 10.3. The molecule has 5 heteroatoms. The van der Waals surface area contributed by atoms with Crippen LogP contribution in [0.3, 0.4) is 0 Å². The Morgan fingerprint density at radius 3 is 2.64 bits per heavy atom. The molecule has 0 heterocycles. The van der Waals surface area contributed by atoms with Crippen molar-refractivity contribution < 1.29 is 17.4 Å². The van der Waals surface area contributed by atoms with E-state index in [4.69, 9.17) is 4.18 Å². The van der Waals surface area contributed by atoms with Crippen molar-refractivity contribution >= 4 is 15.9 Å². The van der Waals surface area contributed by atoms with Gasteiger partial charge < -0.3 is 0 Å². The topological polar surface area (TPSA) is 60.4 Å². The largest absolute Gasteiger partial charge is 0.295 e. The summed E-state index contributed by atoms with van der Waals surface area (Å²) in [5.41, 5.74) is 1.63. The standard InChI is InChI=1S/C23H34O4S/c1-15(14-27-28(4,25)26)19-7-8-20-18-6-5-16-13-17(24)9-11-22(16,2)21(18)10-12-23(19,20)3/h5-6,13,15,18-21H,7-12,14H2,1-4H3/t15-,18?,19?,20?,21?,22+,23-/m1/s1. The molecule has 4 rings (SSSR count). The molecule has 0 N–H and O–H groups in total. The zero-order chi connectivity index (χ0) is 20.3. The predicted octanol–water partition coefficient (Wildman–Crippen LogP) is 4.52. The Morgan fingerprint density at radius 2 is 1.93 bits per heavy atom. The van der Waals surface area contributed by atoms with E-state index in [0.29, 0.717) is 36.7 Å². The van der Waals surface area contributed by atoms with E-state index in [1.165, 1.54) is 24.8 Å². The van der Waals surface area contributed by atoms with E-state index in [2.05, 4.69) is 32.9 Å². The van der Waals surface area contributed by atoms with Gasteiger partial charge in [-0.2, -0.15) is 8.42 Å². The SMILES string of the molecule is C[C@H](COS(C)(=O)=O)C1CCC2C3C=CC4=CC(=O)CC[C@]4(C)C3CC[C@@]21C. The van der Waals surface area contributed by atoms with Crippen LogP contribution in [0.1, 0.15) is 59.3 Å². The number of carbonyl (C=O) groups is 1. The molecule has 28 heavy (non-hydrogen) atoms. The Kier molecular flexibility index (Phi) is 4.94. The fraction of sp³-hybridized carbons (Fsp3) is 0.783. The van der Waals surface area contributed by atoms with E-state index >= 15 is 0 Å². The van der Waals surface area contributed by atoms with Crippen molar-refractivity contribution in [1.82, 2.24) is 0 Å². The number of hydrogen-bond donors (Lipinski definition) is 0. The maximum atomic E-state index is 11.9. The average Bonchev–Trinajstić information content (AvgIpc) is 2.97. The van der Waals surface area contributed by atoms with Gasteiger partial charge in [-0.1, -0.05) is 32.9 Å². The Bertz CT molecular complexity index is 826. The van der Waals surface area contributed by atoms with Gasteiger partial charge in [0.15, 0.2) is 5.78 Å². The van der Waals surface area contributed by atoms with Gasteiger partial charge in [0.2, 0.25) is 0 Å². The lowest BCUT2D eigenvalue weighted by Gasteiger charge is -2.56. The van der Waals surface area contributed by atoms with Crippen LogP contribution in [0.4, 0.5) is 0 Å². The smallest absolute Gasteiger partial charge is 0.264 e. The van der Waals surface area contributed by atoms with E-state index in [0.717, 1.165) is 19.1 Å². The van der Waals surface area contributed by atoms with Crippen molar-refractivity contribution in [2.24, 2.45) is 40.4 Å². The third-order valence-corrected chi connectivity index (χ3v) is 9.39. The van der Waals surface area contributed by atoms with Crippen LogP contribution in [0.25, 0.3) is 0 Å². The van der Waals surface area contributed by atoms with E-state index < -0.39 is 10.1 Å². The molecule has 0 radical (unpaired) electrons. The molecular formula is C23H34O4S. The molecule has 0 amide bonds. The first-order valence-electron chi connectivity index (χ1n) is 10.8. The number of fused-ring (bicyclic) bond motifs is 5. The minimum Gasteiger partial charge on any atom is -0.295 e. The van der Waals surface area contributed by atoms with Gasteiger partial charge in [0, 0.05) is 6.42 Å². The Balaban J connectivity index is 1.58. The molecule has 2 fully saturated rings. The number of carbonyl (C=O) groups excluding carboxylic acids is 1. The van der Waals surface area contributed by atoms with E-state index in [-0.39, 0.29) is 22.5 Å². The van der Waals surface area contributed by atoms with Crippen LogP contribution in [0.15, 0.2) is 23.8 Å². The molecule has 4 nitrogen and oxygen atoms in total. The van der Waals surface area contributed by atoms with Crippen molar-refractivity contribution in [2.75, 3.05) is 12.9 Å². The summed E-state index contributed by atoms with van der Waals surface area (Å²) in [5.74, 6) is 2.86. The Morgan fingerprint density at radius 1 is 1.18 bits per heavy atom. The van der Waals surface area contributed by atoms with Gasteiger partial charge in [-0.3, -0.25) is 8.98 Å². The van der Waals surface area contributed by atoms with Crippen molar-refractivity contribution in [3.05, 3.63) is 23.8 Å². The van der Waals surface area contributed by atoms with Gasteiger partial charge in [-0.25, -0.2) is 0 Å². The predicted molar refractivity (Wildman–Crippen MR) is 110 cm³/mol. The van der Waals surface area contributed by atoms with Gasteiger partial charge in [0.25, 0.3) is 10.1 Å². The third kappa shape index (κ3) is 3.23. The van der Waals surface area contributed by atoms with Crippen LogP contribution < -0.4 is 0 Å². The molecule has 156 valence electrons. The summed E-state index contributed by atoms with van der Waals surface area (Å²) >= 11 is 0. The van der Waals surface area contributed by atoms with E-state index in [1.807, 2.05) is 6.08 Å². The lowest BCUT2D eigenvalue weighted by atomic mass is 9.48. The second-order valence-corrected chi connectivity index (χ2v) is 12.0. The fourth-order valence-corrected chi connectivity index (χ4v) is 7.78. The maximum Gasteiger partial charge on any atom is 0.264 e. The highest BCUT2D eigenvalue weighted by Gasteiger charge is 2.58. The maximum absolute atomic E-state index is 11.9. The summed E-state index contributed by atoms with van der Waals surface area (Å²) in [4.78, 5) is 11.9. The molecule has 0 spiro atoms. The molecule has 0 saturated heterocycles. The highest BCUT2D eigenvalue weighted by Crippen LogP contribution is 2.66. The van der Waals surface area contributed by atoms with Gasteiger partial charge in [0.1, 0.15) is 0 Å². The fourth-order valence-electron chi connectivity index (χ4n) is 7.32. The quantitative estimate of drug-likeness (QED) is 0.644. The Hall–Kier alpha value is -0.940. The van der Waals surface area contributed by atoms with Crippen LogP contribution in [0.2, 0.25) is 0 Å². The zero-order valence-corrected chi connectivity index (χ0v) is 18.4. The average molecular weight is 407 g/mol. The molecule has 4 aliphatic carbocycles. The highest BCUT2D eigenvalue weighted by atomic mass is 32.2. The van der Waals surface area contributed by atoms with Gasteiger partial charge >= 0.3 is 0 Å². The minimum atomic E-state index is -3.39. The molecule has 4 aliphatic rings. The minimum absolute atomic E-state index is 0.137. The van der Waals surface area contributed by atoms with Gasteiger partial charge in [0.05, 0.1) is 12.9 Å². The normalized spacial score (nSPS) is 43.7. The van der Waals surface area contributed by atoms with Crippen molar-refractivity contribution in [2.45, 2.75) is 59.3 Å². The summed E-state index contributed by atoms with van der Waals surface area (Å²) in [6.45, 7) is 7.27. The lowest BCUT2D eigenvalue weighted by molar-refractivity contribution is -0.116. The third-order valence-electron chi connectivity index (χ3n) is 8.82. The number of hydrogen-bond acceptors (Lipinski definition) is 4. The molecule has 0 aromatic heterocycles. The Labute approximate surface area is 169 Å². The van der Waals surface area contributed by atoms with Crippen LogP contribution in [-0.4, -0.2) is 27.1 Å². The molecule has 0 aromatic carbocycles. The molecule has 7 atom stereocenters. The van der Waals surface area contributed by atoms with E-state index in [9.17, 15) is 13.2 Å². The van der Waals surface area contributed by atoms with Gasteiger partial charge in [-0.15, -0.1) is 0 Å².